The van der Waals surface area contributed by atoms with Crippen LogP contribution in [0.4, 0.5) is 0 Å². The molecule has 0 atom stereocenters. The fourth-order valence-corrected chi connectivity index (χ4v) is 2.65. The number of hydrogen-bond acceptors (Lipinski definition) is 4. The Morgan fingerprint density at radius 2 is 2.00 bits per heavy atom. The van der Waals surface area contributed by atoms with Gasteiger partial charge in [0, 0.05) is 12.5 Å². The molecular formula is C7H5Cl2NO3S. The third-order valence-corrected chi connectivity index (χ3v) is 3.50. The van der Waals surface area contributed by atoms with Crippen LogP contribution < -0.4 is 0 Å². The highest BCUT2D eigenvalue weighted by Gasteiger charge is 2.20. The lowest BCUT2D eigenvalue weighted by molar-refractivity contribution is 0.112. The second-order valence-corrected chi connectivity index (χ2v) is 5.23. The average molecular weight is 254 g/mol. The number of aldehydes is 1. The minimum absolute atomic E-state index is 0.0955. The maximum atomic E-state index is 11.3. The summed E-state index contributed by atoms with van der Waals surface area (Å²) in [6.45, 7) is 0. The van der Waals surface area contributed by atoms with Crippen LogP contribution >= 0.6 is 23.2 Å². The molecule has 0 amide bonds. The number of carbonyl (C=O) groups excluding carboxylic acids is 1. The van der Waals surface area contributed by atoms with Gasteiger partial charge < -0.3 is 0 Å². The third kappa shape index (κ3) is 2.05. The molecule has 7 heteroatoms. The van der Waals surface area contributed by atoms with Gasteiger partial charge in [-0.1, -0.05) is 23.2 Å². The van der Waals surface area contributed by atoms with Crippen LogP contribution in [0.5, 0.6) is 0 Å². The van der Waals surface area contributed by atoms with E-state index in [0.717, 1.165) is 12.5 Å². The fourth-order valence-electron chi connectivity index (χ4n) is 0.923. The molecule has 0 aliphatic heterocycles. The maximum Gasteiger partial charge on any atom is 0.177 e. The van der Waals surface area contributed by atoms with E-state index < -0.39 is 9.84 Å². The van der Waals surface area contributed by atoms with Crippen LogP contribution in [-0.4, -0.2) is 25.9 Å². The van der Waals surface area contributed by atoms with E-state index in [4.69, 9.17) is 23.2 Å². The largest absolute Gasteiger partial charge is 0.298 e. The van der Waals surface area contributed by atoms with Crippen LogP contribution in [0, 0.1) is 0 Å². The van der Waals surface area contributed by atoms with Crippen LogP contribution in [0.2, 0.25) is 10.2 Å². The molecule has 0 fully saturated rings. The Morgan fingerprint density at radius 1 is 1.43 bits per heavy atom. The highest BCUT2D eigenvalue weighted by molar-refractivity contribution is 7.91. The quantitative estimate of drug-likeness (QED) is 0.594. The van der Waals surface area contributed by atoms with Crippen molar-refractivity contribution in [3.8, 4) is 0 Å². The van der Waals surface area contributed by atoms with Crippen LogP contribution in [0.3, 0.4) is 0 Å². The number of rotatable bonds is 2. The zero-order chi connectivity index (χ0) is 10.9. The molecular weight excluding hydrogens is 249 g/mol. The SMILES string of the molecule is CS(=O)(=O)c1c(C=O)cnc(Cl)c1Cl. The number of nitrogens with zero attached hydrogens (tertiary/aromatic N) is 1. The maximum absolute atomic E-state index is 11.3. The predicted molar refractivity (Wildman–Crippen MR) is 52.8 cm³/mol. The van der Waals surface area contributed by atoms with E-state index in [1.165, 1.54) is 0 Å². The van der Waals surface area contributed by atoms with Crippen molar-refractivity contribution in [2.45, 2.75) is 4.90 Å². The monoisotopic (exact) mass is 253 g/mol. The minimum Gasteiger partial charge on any atom is -0.298 e. The molecule has 0 unspecified atom stereocenters. The Balaban J connectivity index is 3.69. The molecule has 0 radical (unpaired) electrons. The topological polar surface area (TPSA) is 64.1 Å². The first-order valence-corrected chi connectivity index (χ1v) is 6.02. The van der Waals surface area contributed by atoms with E-state index in [1.807, 2.05) is 0 Å². The third-order valence-electron chi connectivity index (χ3n) is 1.46. The summed E-state index contributed by atoms with van der Waals surface area (Å²) in [5, 5.41) is -0.364. The number of pyridine rings is 1. The Morgan fingerprint density at radius 3 is 2.43 bits per heavy atom. The number of carbonyl (C=O) groups is 1. The predicted octanol–water partition coefficient (Wildman–Crippen LogP) is 1.60. The summed E-state index contributed by atoms with van der Waals surface area (Å²) in [5.41, 5.74) is -0.0955. The van der Waals surface area contributed by atoms with Crippen LogP contribution in [0.15, 0.2) is 11.1 Å². The van der Waals surface area contributed by atoms with Gasteiger partial charge in [0.05, 0.1) is 10.6 Å². The molecule has 0 N–H and O–H groups in total. The Kier molecular flexibility index (Phi) is 3.14. The van der Waals surface area contributed by atoms with Gasteiger partial charge in [0.1, 0.15) is 10.0 Å². The highest BCUT2D eigenvalue weighted by Crippen LogP contribution is 2.29. The van der Waals surface area contributed by atoms with Crippen molar-refractivity contribution >= 4 is 39.3 Å². The lowest BCUT2D eigenvalue weighted by atomic mass is 10.3. The second-order valence-electron chi connectivity index (χ2n) is 2.54. The lowest BCUT2D eigenvalue weighted by Gasteiger charge is -2.05. The first-order valence-electron chi connectivity index (χ1n) is 3.37. The molecule has 0 aliphatic carbocycles. The Labute approximate surface area is 90.8 Å². The lowest BCUT2D eigenvalue weighted by Crippen LogP contribution is -2.04. The molecule has 0 saturated heterocycles. The average Bonchev–Trinajstić information content (AvgIpc) is 2.07. The molecule has 0 aliphatic rings. The van der Waals surface area contributed by atoms with Gasteiger partial charge in [0.25, 0.3) is 0 Å². The molecule has 1 aromatic heterocycles. The van der Waals surface area contributed by atoms with E-state index in [2.05, 4.69) is 4.98 Å². The van der Waals surface area contributed by atoms with Gasteiger partial charge in [0.15, 0.2) is 16.1 Å². The highest BCUT2D eigenvalue weighted by atomic mass is 35.5. The van der Waals surface area contributed by atoms with E-state index in [1.54, 1.807) is 0 Å². The summed E-state index contributed by atoms with van der Waals surface area (Å²) in [6, 6.07) is 0. The van der Waals surface area contributed by atoms with Crippen molar-refractivity contribution < 1.29 is 13.2 Å². The molecule has 14 heavy (non-hydrogen) atoms. The van der Waals surface area contributed by atoms with Crippen LogP contribution in [0.25, 0.3) is 0 Å². The van der Waals surface area contributed by atoms with E-state index >= 15 is 0 Å². The van der Waals surface area contributed by atoms with Gasteiger partial charge in [-0.05, 0) is 0 Å². The molecule has 1 aromatic rings. The van der Waals surface area contributed by atoms with E-state index in [-0.39, 0.29) is 20.6 Å². The molecule has 4 nitrogen and oxygen atoms in total. The summed E-state index contributed by atoms with van der Waals surface area (Å²) < 4.78 is 22.5. The first kappa shape index (κ1) is 11.4. The van der Waals surface area contributed by atoms with Crippen LogP contribution in [0.1, 0.15) is 10.4 Å². The Bertz CT molecular complexity index is 484. The molecule has 76 valence electrons. The standard InChI is InChI=1S/C7H5Cl2NO3S/c1-14(12,13)6-4(3-11)2-10-7(9)5(6)8/h2-3H,1H3. The fraction of sp³-hybridized carbons (Fsp3) is 0.143. The summed E-state index contributed by atoms with van der Waals surface area (Å²) in [7, 11) is -3.59. The van der Waals surface area contributed by atoms with Crippen molar-refractivity contribution in [3.05, 3.63) is 21.9 Å². The van der Waals surface area contributed by atoms with Gasteiger partial charge in [-0.25, -0.2) is 13.4 Å². The Hall–Kier alpha value is -0.650. The van der Waals surface area contributed by atoms with Gasteiger partial charge in [-0.3, -0.25) is 4.79 Å². The van der Waals surface area contributed by atoms with Crippen LogP contribution in [-0.2, 0) is 9.84 Å². The molecule has 1 heterocycles. The molecule has 0 aromatic carbocycles. The normalized spacial score (nSPS) is 11.4. The van der Waals surface area contributed by atoms with Gasteiger partial charge in [-0.15, -0.1) is 0 Å². The molecule has 0 spiro atoms. The zero-order valence-corrected chi connectivity index (χ0v) is 9.32. The summed E-state index contributed by atoms with van der Waals surface area (Å²) in [4.78, 5) is 13.8. The van der Waals surface area contributed by atoms with Gasteiger partial charge in [-0.2, -0.15) is 0 Å². The van der Waals surface area contributed by atoms with Crippen molar-refractivity contribution in [2.24, 2.45) is 0 Å². The van der Waals surface area contributed by atoms with Gasteiger partial charge >= 0.3 is 0 Å². The molecule has 0 bridgehead atoms. The van der Waals surface area contributed by atoms with Crippen molar-refractivity contribution in [3.63, 3.8) is 0 Å². The van der Waals surface area contributed by atoms with Gasteiger partial charge in [0.2, 0.25) is 0 Å². The smallest absolute Gasteiger partial charge is 0.177 e. The number of aromatic nitrogens is 1. The minimum atomic E-state index is -3.59. The van der Waals surface area contributed by atoms with E-state index in [9.17, 15) is 13.2 Å². The number of sulfone groups is 1. The van der Waals surface area contributed by atoms with Crippen molar-refractivity contribution in [1.29, 1.82) is 0 Å². The number of hydrogen-bond donors (Lipinski definition) is 0. The molecule has 0 saturated carbocycles. The number of halogens is 2. The summed E-state index contributed by atoms with van der Waals surface area (Å²) in [6.07, 6.45) is 2.38. The summed E-state index contributed by atoms with van der Waals surface area (Å²) >= 11 is 11.2. The zero-order valence-electron chi connectivity index (χ0n) is 6.99. The second kappa shape index (κ2) is 3.84. The van der Waals surface area contributed by atoms with Crippen molar-refractivity contribution in [2.75, 3.05) is 6.26 Å². The molecule has 1 rings (SSSR count). The van der Waals surface area contributed by atoms with Crippen molar-refractivity contribution in [1.82, 2.24) is 4.98 Å². The van der Waals surface area contributed by atoms with E-state index in [0.29, 0.717) is 6.29 Å². The summed E-state index contributed by atoms with van der Waals surface area (Å²) in [5.74, 6) is 0. The first-order chi connectivity index (χ1) is 6.38.